The van der Waals surface area contributed by atoms with E-state index in [2.05, 4.69) is 27.2 Å². The van der Waals surface area contributed by atoms with Crippen LogP contribution >= 0.6 is 0 Å². The first-order chi connectivity index (χ1) is 15.7. The van der Waals surface area contributed by atoms with E-state index in [9.17, 15) is 4.79 Å². The lowest BCUT2D eigenvalue weighted by Crippen LogP contribution is -2.49. The fourth-order valence-electron chi connectivity index (χ4n) is 4.01. The summed E-state index contributed by atoms with van der Waals surface area (Å²) in [6.07, 6.45) is 1.68. The molecule has 0 aliphatic carbocycles. The lowest BCUT2D eigenvalue weighted by atomic mass is 10.1. The van der Waals surface area contributed by atoms with E-state index in [1.54, 1.807) is 44.7 Å². The van der Waals surface area contributed by atoms with Crippen LogP contribution in [0.4, 0.5) is 5.69 Å². The van der Waals surface area contributed by atoms with Crippen molar-refractivity contribution in [1.82, 2.24) is 10.2 Å². The first kappa shape index (κ1) is 21.8. The molecule has 0 radical (unpaired) electrons. The van der Waals surface area contributed by atoms with Crippen LogP contribution in [0.2, 0.25) is 0 Å². The van der Waals surface area contributed by atoms with E-state index in [4.69, 9.17) is 13.9 Å². The number of piperazine rings is 1. The van der Waals surface area contributed by atoms with Crippen molar-refractivity contribution in [2.24, 2.45) is 0 Å². The van der Waals surface area contributed by atoms with Gasteiger partial charge in [0.15, 0.2) is 0 Å². The summed E-state index contributed by atoms with van der Waals surface area (Å²) in [5.74, 6) is 2.33. The Morgan fingerprint density at radius 1 is 0.938 bits per heavy atom. The monoisotopic (exact) mass is 435 g/mol. The molecule has 1 saturated heterocycles. The van der Waals surface area contributed by atoms with Crippen LogP contribution in [0.25, 0.3) is 0 Å². The molecule has 2 aromatic carbocycles. The zero-order chi connectivity index (χ0) is 22.3. The minimum Gasteiger partial charge on any atom is -0.497 e. The maximum absolute atomic E-state index is 12.7. The van der Waals surface area contributed by atoms with E-state index in [-0.39, 0.29) is 11.9 Å². The normalized spacial score (nSPS) is 15.2. The van der Waals surface area contributed by atoms with Gasteiger partial charge in [-0.1, -0.05) is 0 Å². The summed E-state index contributed by atoms with van der Waals surface area (Å²) in [6, 6.07) is 19.1. The van der Waals surface area contributed by atoms with Crippen molar-refractivity contribution in [2.45, 2.75) is 6.04 Å². The van der Waals surface area contributed by atoms with Crippen molar-refractivity contribution in [3.63, 3.8) is 0 Å². The fraction of sp³-hybridized carbons (Fsp3) is 0.320. The van der Waals surface area contributed by atoms with Crippen molar-refractivity contribution < 1.29 is 18.7 Å². The number of hydrogen-bond donors (Lipinski definition) is 1. The van der Waals surface area contributed by atoms with Crippen LogP contribution in [-0.4, -0.2) is 57.8 Å². The summed E-state index contributed by atoms with van der Waals surface area (Å²) in [7, 11) is 3.29. The van der Waals surface area contributed by atoms with Gasteiger partial charge in [-0.15, -0.1) is 0 Å². The van der Waals surface area contributed by atoms with Gasteiger partial charge in [0, 0.05) is 44.0 Å². The average Bonchev–Trinajstić information content (AvgIpc) is 3.39. The minimum absolute atomic E-state index is 0.0229. The fourth-order valence-corrected chi connectivity index (χ4v) is 4.01. The molecule has 3 aromatic rings. The number of anilines is 1. The molecule has 1 amide bonds. The third-order valence-corrected chi connectivity index (χ3v) is 5.87. The number of benzene rings is 2. The smallest absolute Gasteiger partial charge is 0.251 e. The molecule has 1 fully saturated rings. The second-order valence-electron chi connectivity index (χ2n) is 7.69. The van der Waals surface area contributed by atoms with E-state index in [0.717, 1.165) is 43.4 Å². The quantitative estimate of drug-likeness (QED) is 0.583. The van der Waals surface area contributed by atoms with E-state index >= 15 is 0 Å². The Labute approximate surface area is 188 Å². The average molecular weight is 436 g/mol. The molecule has 0 spiro atoms. The summed E-state index contributed by atoms with van der Waals surface area (Å²) in [6.45, 7) is 4.01. The number of nitrogens with zero attached hydrogens (tertiary/aromatic N) is 2. The molecule has 7 nitrogen and oxygen atoms in total. The Hall–Kier alpha value is -3.45. The van der Waals surface area contributed by atoms with E-state index in [0.29, 0.717) is 12.1 Å². The van der Waals surface area contributed by atoms with Gasteiger partial charge in [0.2, 0.25) is 0 Å². The zero-order valence-corrected chi connectivity index (χ0v) is 18.5. The number of hydrogen-bond acceptors (Lipinski definition) is 6. The number of carbonyl (C=O) groups excluding carboxylic acids is 1. The van der Waals surface area contributed by atoms with Crippen molar-refractivity contribution in [3.8, 4) is 11.5 Å². The Morgan fingerprint density at radius 3 is 2.12 bits per heavy atom. The number of nitrogens with one attached hydrogen (secondary N) is 1. The lowest BCUT2D eigenvalue weighted by Gasteiger charge is -2.39. The first-order valence-corrected chi connectivity index (χ1v) is 10.8. The summed E-state index contributed by atoms with van der Waals surface area (Å²) < 4.78 is 16.1. The molecule has 168 valence electrons. The first-order valence-electron chi connectivity index (χ1n) is 10.8. The molecule has 1 N–H and O–H groups in total. The number of amides is 1. The second-order valence-corrected chi connectivity index (χ2v) is 7.69. The predicted molar refractivity (Wildman–Crippen MR) is 124 cm³/mol. The number of ether oxygens (including phenoxy) is 2. The van der Waals surface area contributed by atoms with Crippen molar-refractivity contribution in [1.29, 1.82) is 0 Å². The van der Waals surface area contributed by atoms with Crippen LogP contribution in [0.1, 0.15) is 22.2 Å². The van der Waals surface area contributed by atoms with Crippen LogP contribution in [-0.2, 0) is 0 Å². The van der Waals surface area contributed by atoms with Crippen LogP contribution in [0, 0.1) is 0 Å². The van der Waals surface area contributed by atoms with Crippen LogP contribution in [0.5, 0.6) is 11.5 Å². The van der Waals surface area contributed by atoms with Gasteiger partial charge in [-0.25, -0.2) is 0 Å². The standard InChI is InChI=1S/C25H29N3O4/c1-30-21-9-5-19(6-10-21)25(29)26-18-23(24-4-3-17-32-24)28-15-13-27(14-16-28)20-7-11-22(31-2)12-8-20/h3-12,17,23H,13-16,18H2,1-2H3,(H,26,29)/t23-/m1/s1. The van der Waals surface area contributed by atoms with Gasteiger partial charge in [0.05, 0.1) is 26.5 Å². The van der Waals surface area contributed by atoms with Crippen LogP contribution in [0.3, 0.4) is 0 Å². The summed E-state index contributed by atoms with van der Waals surface area (Å²) in [5, 5.41) is 3.07. The third-order valence-electron chi connectivity index (χ3n) is 5.87. The zero-order valence-electron chi connectivity index (χ0n) is 18.5. The molecule has 1 aliphatic rings. The van der Waals surface area contributed by atoms with Gasteiger partial charge in [-0.3, -0.25) is 9.69 Å². The Bertz CT molecular complexity index is 979. The molecule has 1 atom stereocenters. The Morgan fingerprint density at radius 2 is 1.56 bits per heavy atom. The topological polar surface area (TPSA) is 67.2 Å². The summed E-state index contributed by atoms with van der Waals surface area (Å²) in [5.41, 5.74) is 1.79. The summed E-state index contributed by atoms with van der Waals surface area (Å²) in [4.78, 5) is 17.4. The highest BCUT2D eigenvalue weighted by molar-refractivity contribution is 5.94. The number of methoxy groups -OCH3 is 2. The molecular formula is C25H29N3O4. The third kappa shape index (κ3) is 5.06. The summed E-state index contributed by atoms with van der Waals surface area (Å²) >= 11 is 0. The van der Waals surface area contributed by atoms with Crippen molar-refractivity contribution in [3.05, 3.63) is 78.3 Å². The van der Waals surface area contributed by atoms with Crippen LogP contribution in [0.15, 0.2) is 71.3 Å². The van der Waals surface area contributed by atoms with Gasteiger partial charge >= 0.3 is 0 Å². The lowest BCUT2D eigenvalue weighted by molar-refractivity contribution is 0.0923. The largest absolute Gasteiger partial charge is 0.497 e. The maximum Gasteiger partial charge on any atom is 0.251 e. The van der Waals surface area contributed by atoms with E-state index in [1.165, 1.54) is 5.69 Å². The molecule has 7 heteroatoms. The van der Waals surface area contributed by atoms with Crippen molar-refractivity contribution in [2.75, 3.05) is 51.8 Å². The molecule has 0 bridgehead atoms. The highest BCUT2D eigenvalue weighted by atomic mass is 16.5. The number of furan rings is 1. The molecule has 0 saturated carbocycles. The molecule has 1 aromatic heterocycles. The molecule has 1 aliphatic heterocycles. The minimum atomic E-state index is -0.110. The molecule has 0 unspecified atom stereocenters. The van der Waals surface area contributed by atoms with Gasteiger partial charge < -0.3 is 24.1 Å². The molecule has 2 heterocycles. The van der Waals surface area contributed by atoms with Gasteiger partial charge in [-0.05, 0) is 60.7 Å². The molecule has 4 rings (SSSR count). The second kappa shape index (κ2) is 10.2. The Balaban J connectivity index is 1.38. The van der Waals surface area contributed by atoms with Gasteiger partial charge in [0.1, 0.15) is 17.3 Å². The van der Waals surface area contributed by atoms with E-state index in [1.807, 2.05) is 24.3 Å². The maximum atomic E-state index is 12.7. The molecule has 32 heavy (non-hydrogen) atoms. The van der Waals surface area contributed by atoms with E-state index < -0.39 is 0 Å². The highest BCUT2D eigenvalue weighted by Gasteiger charge is 2.27. The number of rotatable bonds is 8. The Kier molecular flexibility index (Phi) is 6.97. The van der Waals surface area contributed by atoms with Crippen molar-refractivity contribution >= 4 is 11.6 Å². The number of carbonyl (C=O) groups is 1. The van der Waals surface area contributed by atoms with Crippen LogP contribution < -0.4 is 19.7 Å². The van der Waals surface area contributed by atoms with Gasteiger partial charge in [0.25, 0.3) is 5.91 Å². The highest BCUT2D eigenvalue weighted by Crippen LogP contribution is 2.25. The molecular weight excluding hydrogens is 406 g/mol. The SMILES string of the molecule is COc1ccc(C(=O)NC[C@H](c2ccco2)N2CCN(c3ccc(OC)cc3)CC2)cc1. The predicted octanol–water partition coefficient (Wildman–Crippen LogP) is 3.59. The van der Waals surface area contributed by atoms with Gasteiger partial charge in [-0.2, -0.15) is 0 Å².